The van der Waals surface area contributed by atoms with Crippen LogP contribution in [0.15, 0.2) is 46.0 Å². The maximum absolute atomic E-state index is 11.8. The predicted octanol–water partition coefficient (Wildman–Crippen LogP) is 3.93. The van der Waals surface area contributed by atoms with Gasteiger partial charge in [0.05, 0.1) is 20.4 Å². The lowest BCUT2D eigenvalue weighted by atomic mass is 10.2. The molecule has 2 aromatic carbocycles. The van der Waals surface area contributed by atoms with Gasteiger partial charge in [-0.15, -0.1) is 0 Å². The van der Waals surface area contributed by atoms with Gasteiger partial charge in [-0.1, -0.05) is 15.9 Å². The molecule has 0 aliphatic heterocycles. The number of hydrazone groups is 1. The van der Waals surface area contributed by atoms with Gasteiger partial charge in [-0.3, -0.25) is 0 Å². The van der Waals surface area contributed by atoms with Crippen LogP contribution in [0.4, 0.5) is 10.5 Å². The Morgan fingerprint density at radius 1 is 1.12 bits per heavy atom. The highest BCUT2D eigenvalue weighted by Crippen LogP contribution is 2.26. The maximum atomic E-state index is 11.8. The lowest BCUT2D eigenvalue weighted by Crippen LogP contribution is -2.24. The number of urea groups is 1. The summed E-state index contributed by atoms with van der Waals surface area (Å²) in [7, 11) is 3.13. The second kappa shape index (κ2) is 8.35. The zero-order valence-corrected chi connectivity index (χ0v) is 15.2. The first-order valence-corrected chi connectivity index (χ1v) is 7.91. The van der Waals surface area contributed by atoms with Gasteiger partial charge in [0.25, 0.3) is 0 Å². The number of hydrogen-bond acceptors (Lipinski definition) is 4. The number of ether oxygens (including phenoxy) is 2. The van der Waals surface area contributed by atoms with E-state index in [9.17, 15) is 4.79 Å². The van der Waals surface area contributed by atoms with Crippen molar-refractivity contribution in [1.29, 1.82) is 0 Å². The van der Waals surface area contributed by atoms with Gasteiger partial charge in [-0.2, -0.15) is 5.10 Å². The first-order valence-electron chi connectivity index (χ1n) is 7.11. The summed E-state index contributed by atoms with van der Waals surface area (Å²) in [5.74, 6) is 1.22. The second-order valence-electron chi connectivity index (χ2n) is 4.90. The molecule has 0 fully saturated rings. The molecule has 0 radical (unpaired) electrons. The number of amides is 2. The van der Waals surface area contributed by atoms with E-state index in [-0.39, 0.29) is 0 Å². The fraction of sp³-hybridized carbons (Fsp3) is 0.176. The number of methoxy groups -OCH3 is 2. The molecule has 0 aromatic heterocycles. The SMILES string of the molecule is COc1ccc(/C=N/NC(=O)Nc2ccc(Br)c(C)c2)cc1OC. The van der Waals surface area contributed by atoms with Crippen LogP contribution in [0.2, 0.25) is 0 Å². The molecule has 0 atom stereocenters. The van der Waals surface area contributed by atoms with Crippen molar-refractivity contribution < 1.29 is 14.3 Å². The maximum Gasteiger partial charge on any atom is 0.339 e. The van der Waals surface area contributed by atoms with E-state index >= 15 is 0 Å². The van der Waals surface area contributed by atoms with Crippen LogP contribution in [0.25, 0.3) is 0 Å². The van der Waals surface area contributed by atoms with Crippen LogP contribution in [0, 0.1) is 6.92 Å². The highest BCUT2D eigenvalue weighted by molar-refractivity contribution is 9.10. The average Bonchev–Trinajstić information content (AvgIpc) is 2.58. The molecule has 24 heavy (non-hydrogen) atoms. The van der Waals surface area contributed by atoms with Gasteiger partial charge < -0.3 is 14.8 Å². The normalized spacial score (nSPS) is 10.5. The fourth-order valence-corrected chi connectivity index (χ4v) is 2.23. The molecule has 0 bridgehead atoms. The van der Waals surface area contributed by atoms with E-state index in [4.69, 9.17) is 9.47 Å². The molecule has 6 nitrogen and oxygen atoms in total. The third-order valence-electron chi connectivity index (χ3n) is 3.20. The molecule has 2 aromatic rings. The van der Waals surface area contributed by atoms with E-state index in [1.165, 1.54) is 6.21 Å². The van der Waals surface area contributed by atoms with Crippen LogP contribution in [0.3, 0.4) is 0 Å². The standard InChI is InChI=1S/C17H18BrN3O3/c1-11-8-13(5-6-14(11)18)20-17(22)21-19-10-12-4-7-15(23-2)16(9-12)24-3/h4-10H,1-3H3,(H2,20,21,22)/b19-10+. The molecule has 126 valence electrons. The first kappa shape index (κ1) is 17.8. The zero-order valence-electron chi connectivity index (χ0n) is 13.6. The number of anilines is 1. The van der Waals surface area contributed by atoms with Crippen LogP contribution in [-0.2, 0) is 0 Å². The first-order chi connectivity index (χ1) is 11.5. The third-order valence-corrected chi connectivity index (χ3v) is 4.09. The average molecular weight is 392 g/mol. The van der Waals surface area contributed by atoms with Crippen LogP contribution in [-0.4, -0.2) is 26.5 Å². The van der Waals surface area contributed by atoms with Crippen LogP contribution in [0.5, 0.6) is 11.5 Å². The lowest BCUT2D eigenvalue weighted by molar-refractivity contribution is 0.252. The molecule has 7 heteroatoms. The quantitative estimate of drug-likeness (QED) is 0.598. The molecule has 2 rings (SSSR count). The minimum atomic E-state index is -0.423. The highest BCUT2D eigenvalue weighted by Gasteiger charge is 2.04. The van der Waals surface area contributed by atoms with Gasteiger partial charge in [0.15, 0.2) is 11.5 Å². The van der Waals surface area contributed by atoms with Crippen molar-refractivity contribution in [2.24, 2.45) is 5.10 Å². The third kappa shape index (κ3) is 4.73. The van der Waals surface area contributed by atoms with Crippen molar-refractivity contribution in [1.82, 2.24) is 5.43 Å². The van der Waals surface area contributed by atoms with Gasteiger partial charge in [0.2, 0.25) is 0 Å². The molecular weight excluding hydrogens is 374 g/mol. The summed E-state index contributed by atoms with van der Waals surface area (Å²) in [6, 6.07) is 10.5. The number of hydrogen-bond donors (Lipinski definition) is 2. The minimum Gasteiger partial charge on any atom is -0.493 e. The summed E-state index contributed by atoms with van der Waals surface area (Å²) in [6.07, 6.45) is 1.52. The molecule has 0 saturated heterocycles. The Kier molecular flexibility index (Phi) is 6.20. The molecule has 0 saturated carbocycles. The lowest BCUT2D eigenvalue weighted by Gasteiger charge is -2.08. The highest BCUT2D eigenvalue weighted by atomic mass is 79.9. The summed E-state index contributed by atoms with van der Waals surface area (Å²) in [4.78, 5) is 11.8. The number of halogens is 1. The van der Waals surface area contributed by atoms with Crippen molar-refractivity contribution in [2.45, 2.75) is 6.92 Å². The summed E-state index contributed by atoms with van der Waals surface area (Å²) >= 11 is 3.41. The number of rotatable bonds is 5. The van der Waals surface area contributed by atoms with Crippen molar-refractivity contribution in [3.05, 3.63) is 52.0 Å². The van der Waals surface area contributed by atoms with Crippen molar-refractivity contribution >= 4 is 33.9 Å². The number of aryl methyl sites for hydroxylation is 1. The van der Waals surface area contributed by atoms with Crippen LogP contribution >= 0.6 is 15.9 Å². The molecule has 2 amide bonds. The Morgan fingerprint density at radius 3 is 2.54 bits per heavy atom. The van der Waals surface area contributed by atoms with Gasteiger partial charge in [0.1, 0.15) is 0 Å². The molecule has 2 N–H and O–H groups in total. The zero-order chi connectivity index (χ0) is 17.5. The molecular formula is C17H18BrN3O3. The van der Waals surface area contributed by atoms with Crippen LogP contribution < -0.4 is 20.2 Å². The summed E-state index contributed by atoms with van der Waals surface area (Å²) in [6.45, 7) is 1.95. The number of benzene rings is 2. The Bertz CT molecular complexity index is 763. The molecule has 0 aliphatic rings. The van der Waals surface area contributed by atoms with E-state index < -0.39 is 6.03 Å². The van der Waals surface area contributed by atoms with E-state index in [2.05, 4.69) is 31.8 Å². The smallest absolute Gasteiger partial charge is 0.339 e. The fourth-order valence-electron chi connectivity index (χ4n) is 1.98. The Morgan fingerprint density at radius 2 is 1.88 bits per heavy atom. The van der Waals surface area contributed by atoms with Gasteiger partial charge in [-0.25, -0.2) is 10.2 Å². The summed E-state index contributed by atoms with van der Waals surface area (Å²) < 4.78 is 11.4. The Balaban J connectivity index is 1.95. The number of carbonyl (C=O) groups is 1. The van der Waals surface area contributed by atoms with Gasteiger partial charge >= 0.3 is 6.03 Å². The van der Waals surface area contributed by atoms with Crippen LogP contribution in [0.1, 0.15) is 11.1 Å². The number of nitrogens with zero attached hydrogens (tertiary/aromatic N) is 1. The number of carbonyl (C=O) groups excluding carboxylic acids is 1. The van der Waals surface area contributed by atoms with Crippen molar-refractivity contribution in [2.75, 3.05) is 19.5 Å². The largest absolute Gasteiger partial charge is 0.493 e. The van der Waals surface area contributed by atoms with E-state index in [1.54, 1.807) is 32.4 Å². The Hall–Kier alpha value is -2.54. The van der Waals surface area contributed by atoms with Crippen molar-refractivity contribution in [3.8, 4) is 11.5 Å². The van der Waals surface area contributed by atoms with E-state index in [0.29, 0.717) is 17.2 Å². The minimum absolute atomic E-state index is 0.423. The second-order valence-corrected chi connectivity index (χ2v) is 5.76. The topological polar surface area (TPSA) is 72.0 Å². The summed E-state index contributed by atoms with van der Waals surface area (Å²) in [5, 5.41) is 6.62. The van der Waals surface area contributed by atoms with E-state index in [1.807, 2.05) is 25.1 Å². The van der Waals surface area contributed by atoms with Gasteiger partial charge in [-0.05, 0) is 54.4 Å². The van der Waals surface area contributed by atoms with Crippen molar-refractivity contribution in [3.63, 3.8) is 0 Å². The monoisotopic (exact) mass is 391 g/mol. The molecule has 0 spiro atoms. The summed E-state index contributed by atoms with van der Waals surface area (Å²) in [5.41, 5.74) is 4.90. The number of nitrogens with one attached hydrogen (secondary N) is 2. The Labute approximate surface area is 149 Å². The van der Waals surface area contributed by atoms with Gasteiger partial charge in [0, 0.05) is 10.2 Å². The molecule has 0 heterocycles. The molecule has 0 unspecified atom stereocenters. The molecule has 0 aliphatic carbocycles. The van der Waals surface area contributed by atoms with E-state index in [0.717, 1.165) is 15.6 Å². The predicted molar refractivity (Wildman–Crippen MR) is 98.2 cm³/mol.